The molecule has 1 radical (unpaired) electrons. The van der Waals surface area contributed by atoms with Crippen LogP contribution in [-0.4, -0.2) is 17.2 Å². The Balaban J connectivity index is 2.11. The van der Waals surface area contributed by atoms with Gasteiger partial charge in [-0.15, -0.1) is 0 Å². The molecule has 0 unspecified atom stereocenters. The quantitative estimate of drug-likeness (QED) is 0.771. The molecule has 2 aromatic carbocycles. The lowest BCUT2D eigenvalue weighted by molar-refractivity contribution is 0.425. The van der Waals surface area contributed by atoms with Gasteiger partial charge in [-0.1, -0.05) is 12.1 Å². The van der Waals surface area contributed by atoms with Crippen LogP contribution in [0.3, 0.4) is 0 Å². The van der Waals surface area contributed by atoms with E-state index < -0.39 is 7.12 Å². The van der Waals surface area contributed by atoms with Crippen molar-refractivity contribution in [3.63, 3.8) is 0 Å². The van der Waals surface area contributed by atoms with E-state index in [1.807, 2.05) is 0 Å². The maximum absolute atomic E-state index is 8.93. The first-order chi connectivity index (χ1) is 8.15. The van der Waals surface area contributed by atoms with Gasteiger partial charge in [0.2, 0.25) is 0 Å². The van der Waals surface area contributed by atoms with Crippen molar-refractivity contribution in [3.05, 3.63) is 48.5 Å². The van der Waals surface area contributed by atoms with E-state index in [9.17, 15) is 0 Å². The lowest BCUT2D eigenvalue weighted by Crippen LogP contribution is -2.29. The maximum Gasteiger partial charge on any atom is 0.488 e. The molecule has 2 aromatic rings. The minimum Gasteiger partial charge on any atom is -0.457 e. The molecule has 17 heavy (non-hydrogen) atoms. The van der Waals surface area contributed by atoms with Crippen molar-refractivity contribution < 1.29 is 14.8 Å². The summed E-state index contributed by atoms with van der Waals surface area (Å²) in [6.45, 7) is 0. The maximum atomic E-state index is 8.93. The summed E-state index contributed by atoms with van der Waals surface area (Å²) in [5, 5.41) is 17.9. The van der Waals surface area contributed by atoms with E-state index in [1.54, 1.807) is 48.5 Å². The van der Waals surface area contributed by atoms with Crippen LogP contribution in [0.25, 0.3) is 0 Å². The van der Waals surface area contributed by atoms with Gasteiger partial charge in [0, 0.05) is 0 Å². The van der Waals surface area contributed by atoms with Crippen LogP contribution in [0.1, 0.15) is 0 Å². The average Bonchev–Trinajstić information content (AvgIpc) is 2.33. The van der Waals surface area contributed by atoms with E-state index in [4.69, 9.17) is 20.5 Å². The number of rotatable bonds is 3. The highest BCUT2D eigenvalue weighted by Crippen LogP contribution is 2.21. The van der Waals surface area contributed by atoms with Crippen molar-refractivity contribution in [2.75, 3.05) is 0 Å². The molecule has 4 nitrogen and oxygen atoms in total. The van der Waals surface area contributed by atoms with Crippen molar-refractivity contribution in [2.24, 2.45) is 0 Å². The summed E-state index contributed by atoms with van der Waals surface area (Å²) in [5.41, 5.74) is 8.18. The molecule has 0 atom stereocenters. The third kappa shape index (κ3) is 2.99. The molecule has 3 N–H and O–H groups in total. The topological polar surface area (TPSA) is 73.5 Å². The van der Waals surface area contributed by atoms with Crippen LogP contribution in [0.4, 0.5) is 5.69 Å². The Labute approximate surface area is 99.4 Å². The number of hydrogen-bond acceptors (Lipinski definition) is 3. The fraction of sp³-hybridized carbons (Fsp3) is 0. The SMILES string of the molecule is [NH]c1ccc(Oc2ccc(B(O)O)cc2)cc1. The molecule has 0 saturated carbocycles. The van der Waals surface area contributed by atoms with Gasteiger partial charge in [-0.25, -0.2) is 0 Å². The van der Waals surface area contributed by atoms with Gasteiger partial charge in [0.1, 0.15) is 11.5 Å². The molecular formula is C12H11BNO3. The molecule has 5 heteroatoms. The van der Waals surface area contributed by atoms with Crippen LogP contribution in [0.5, 0.6) is 11.5 Å². The van der Waals surface area contributed by atoms with E-state index in [2.05, 4.69) is 0 Å². The summed E-state index contributed by atoms with van der Waals surface area (Å²) >= 11 is 0. The molecule has 0 aliphatic carbocycles. The molecule has 0 saturated heterocycles. The largest absolute Gasteiger partial charge is 0.488 e. The van der Waals surface area contributed by atoms with Crippen molar-refractivity contribution in [1.29, 1.82) is 0 Å². The van der Waals surface area contributed by atoms with Crippen molar-refractivity contribution >= 4 is 18.3 Å². The van der Waals surface area contributed by atoms with E-state index in [1.165, 1.54) is 0 Å². The fourth-order valence-corrected chi connectivity index (χ4v) is 1.37. The molecule has 2 rings (SSSR count). The number of ether oxygens (including phenoxy) is 1. The summed E-state index contributed by atoms with van der Waals surface area (Å²) < 4.78 is 5.52. The Kier molecular flexibility index (Phi) is 3.32. The summed E-state index contributed by atoms with van der Waals surface area (Å²) in [7, 11) is -1.47. The fourth-order valence-electron chi connectivity index (χ4n) is 1.37. The van der Waals surface area contributed by atoms with Crippen molar-refractivity contribution in [1.82, 2.24) is 5.73 Å². The number of hydrogen-bond donors (Lipinski definition) is 2. The van der Waals surface area contributed by atoms with Crippen molar-refractivity contribution in [3.8, 4) is 11.5 Å². The van der Waals surface area contributed by atoms with Gasteiger partial charge in [0.05, 0.1) is 5.69 Å². The smallest absolute Gasteiger partial charge is 0.457 e. The first-order valence-electron chi connectivity index (χ1n) is 5.11. The minimum atomic E-state index is -1.47. The van der Waals surface area contributed by atoms with Gasteiger partial charge >= 0.3 is 7.12 Å². The predicted octanol–water partition coefficient (Wildman–Crippen LogP) is 1.07. The molecule has 0 heterocycles. The summed E-state index contributed by atoms with van der Waals surface area (Å²) in [5.74, 6) is 1.24. The lowest BCUT2D eigenvalue weighted by atomic mass is 9.80. The Bertz CT molecular complexity index is 482. The van der Waals surface area contributed by atoms with Gasteiger partial charge in [0.15, 0.2) is 0 Å². The van der Waals surface area contributed by atoms with Crippen LogP contribution in [-0.2, 0) is 0 Å². The van der Waals surface area contributed by atoms with Gasteiger partial charge < -0.3 is 20.5 Å². The second kappa shape index (κ2) is 4.90. The Morgan fingerprint density at radius 3 is 1.76 bits per heavy atom. The first-order valence-corrected chi connectivity index (χ1v) is 5.11. The summed E-state index contributed by atoms with van der Waals surface area (Å²) in [6, 6.07) is 13.2. The van der Waals surface area contributed by atoms with Gasteiger partial charge in [-0.2, -0.15) is 0 Å². The molecule has 0 bridgehead atoms. The van der Waals surface area contributed by atoms with E-state index in [0.717, 1.165) is 0 Å². The van der Waals surface area contributed by atoms with Gasteiger partial charge in [-0.3, -0.25) is 0 Å². The second-order valence-corrected chi connectivity index (χ2v) is 3.57. The van der Waals surface area contributed by atoms with E-state index in [-0.39, 0.29) is 0 Å². The minimum absolute atomic E-state index is 0.416. The first kappa shape index (κ1) is 11.5. The molecule has 0 fully saturated rings. The molecular weight excluding hydrogens is 217 g/mol. The zero-order valence-corrected chi connectivity index (χ0v) is 9.00. The highest BCUT2D eigenvalue weighted by atomic mass is 16.5. The van der Waals surface area contributed by atoms with E-state index in [0.29, 0.717) is 22.6 Å². The molecule has 0 aliphatic heterocycles. The lowest BCUT2D eigenvalue weighted by Gasteiger charge is -2.06. The molecule has 85 valence electrons. The van der Waals surface area contributed by atoms with Crippen molar-refractivity contribution in [2.45, 2.75) is 0 Å². The monoisotopic (exact) mass is 228 g/mol. The Morgan fingerprint density at radius 2 is 1.29 bits per heavy atom. The average molecular weight is 228 g/mol. The third-order valence-electron chi connectivity index (χ3n) is 2.27. The zero-order chi connectivity index (χ0) is 12.3. The van der Waals surface area contributed by atoms with Crippen LogP contribution < -0.4 is 15.9 Å². The molecule has 0 amide bonds. The summed E-state index contributed by atoms with van der Waals surface area (Å²) in [6.07, 6.45) is 0. The highest BCUT2D eigenvalue weighted by molar-refractivity contribution is 6.58. The number of nitrogens with one attached hydrogen (secondary N) is 1. The number of benzene rings is 2. The second-order valence-electron chi connectivity index (χ2n) is 3.57. The van der Waals surface area contributed by atoms with E-state index >= 15 is 0 Å². The predicted molar refractivity (Wildman–Crippen MR) is 65.5 cm³/mol. The molecule has 0 spiro atoms. The molecule has 0 aromatic heterocycles. The summed E-state index contributed by atoms with van der Waals surface area (Å²) in [4.78, 5) is 0. The Morgan fingerprint density at radius 1 is 0.824 bits per heavy atom. The molecule has 0 aliphatic rings. The highest BCUT2D eigenvalue weighted by Gasteiger charge is 2.09. The standard InChI is InChI=1S/C12H11BNO3/c14-10-3-7-12(8-4-10)17-11-5-1-9(2-6-11)13(15)16/h1-8,14-16H. The Hall–Kier alpha value is -1.98. The van der Waals surface area contributed by atoms with Crippen LogP contribution in [0.15, 0.2) is 48.5 Å². The van der Waals surface area contributed by atoms with Gasteiger partial charge in [-0.05, 0) is 41.9 Å². The van der Waals surface area contributed by atoms with Crippen LogP contribution in [0.2, 0.25) is 0 Å². The normalized spacial score (nSPS) is 10.0. The van der Waals surface area contributed by atoms with Gasteiger partial charge in [0.25, 0.3) is 0 Å². The zero-order valence-electron chi connectivity index (χ0n) is 9.00. The van der Waals surface area contributed by atoms with Crippen LogP contribution >= 0.6 is 0 Å². The third-order valence-corrected chi connectivity index (χ3v) is 2.27. The van der Waals surface area contributed by atoms with Crippen LogP contribution in [0, 0.1) is 0 Å².